The van der Waals surface area contributed by atoms with Crippen LogP contribution in [-0.4, -0.2) is 36.2 Å². The number of fused-ring (bicyclic) bond motifs is 1. The smallest absolute Gasteiger partial charge is 0.435 e. The van der Waals surface area contributed by atoms with E-state index in [0.29, 0.717) is 30.7 Å². The molecule has 3 aromatic carbocycles. The fourth-order valence-electron chi connectivity index (χ4n) is 5.41. The molecule has 0 fully saturated rings. The zero-order valence-corrected chi connectivity index (χ0v) is 26.9. The van der Waals surface area contributed by atoms with E-state index in [1.165, 1.54) is 4.68 Å². The molecular formula is C37H37N5O4. The molecule has 0 aliphatic rings. The molecule has 0 atom stereocenters. The number of hydrogen-bond donors (Lipinski definition) is 0. The molecule has 9 nitrogen and oxygen atoms in total. The van der Waals surface area contributed by atoms with Crippen LogP contribution >= 0.6 is 0 Å². The van der Waals surface area contributed by atoms with E-state index in [4.69, 9.17) is 24.3 Å². The zero-order valence-electron chi connectivity index (χ0n) is 26.9. The van der Waals surface area contributed by atoms with E-state index in [2.05, 4.69) is 11.2 Å². The molecule has 0 bridgehead atoms. The van der Waals surface area contributed by atoms with Gasteiger partial charge < -0.3 is 14.2 Å². The highest BCUT2D eigenvalue weighted by Crippen LogP contribution is 2.37. The van der Waals surface area contributed by atoms with Crippen molar-refractivity contribution in [2.45, 2.75) is 53.4 Å². The highest BCUT2D eigenvalue weighted by molar-refractivity contribution is 5.97. The van der Waals surface area contributed by atoms with Crippen molar-refractivity contribution in [1.82, 2.24) is 24.5 Å². The lowest BCUT2D eigenvalue weighted by Crippen LogP contribution is -2.28. The van der Waals surface area contributed by atoms with Crippen LogP contribution < -0.4 is 9.47 Å². The minimum atomic E-state index is -0.627. The monoisotopic (exact) mass is 615 g/mol. The van der Waals surface area contributed by atoms with E-state index in [-0.39, 0.29) is 0 Å². The number of nitrogens with zero attached hydrogens (tertiary/aromatic N) is 5. The van der Waals surface area contributed by atoms with E-state index in [0.717, 1.165) is 50.1 Å². The van der Waals surface area contributed by atoms with Crippen LogP contribution in [0.4, 0.5) is 4.79 Å². The summed E-state index contributed by atoms with van der Waals surface area (Å²) in [4.78, 5) is 17.6. The Morgan fingerprint density at radius 3 is 2.11 bits per heavy atom. The second-order valence-electron chi connectivity index (χ2n) is 12.2. The molecule has 0 amide bonds. The molecule has 9 heteroatoms. The Hall–Kier alpha value is -5.44. The highest BCUT2D eigenvalue weighted by Gasteiger charge is 2.24. The largest absolute Gasteiger partial charge is 0.473 e. The Labute approximate surface area is 268 Å². The molecule has 0 saturated heterocycles. The van der Waals surface area contributed by atoms with Crippen molar-refractivity contribution >= 4 is 17.0 Å². The van der Waals surface area contributed by atoms with E-state index in [1.54, 1.807) is 0 Å². The molecule has 0 saturated carbocycles. The van der Waals surface area contributed by atoms with Crippen LogP contribution in [0, 0.1) is 13.8 Å². The van der Waals surface area contributed by atoms with Crippen LogP contribution in [0.25, 0.3) is 33.3 Å². The summed E-state index contributed by atoms with van der Waals surface area (Å²) >= 11 is 0. The fraction of sp³-hybridized carbons (Fsp3) is 0.243. The number of rotatable bonds is 8. The summed E-state index contributed by atoms with van der Waals surface area (Å²) in [5, 5.41) is 10.4. The number of ether oxygens (including phenoxy) is 3. The van der Waals surface area contributed by atoms with Crippen LogP contribution in [-0.2, 0) is 25.0 Å². The van der Waals surface area contributed by atoms with Crippen molar-refractivity contribution in [3.63, 3.8) is 0 Å². The maximum atomic E-state index is 12.9. The van der Waals surface area contributed by atoms with Gasteiger partial charge in [-0.15, -0.1) is 0 Å². The first-order valence-corrected chi connectivity index (χ1v) is 15.2. The SMILES string of the molecule is Cc1nn(C(=O)OC(C)(C)C)c(C)c1-c1ccc2c(-c3ccc(OCc4ccccc4)nc3OCc3ccccc3)nn(C)c2c1. The van der Waals surface area contributed by atoms with E-state index >= 15 is 0 Å². The average Bonchev–Trinajstić information content (AvgIpc) is 3.53. The average molecular weight is 616 g/mol. The van der Waals surface area contributed by atoms with Crippen molar-refractivity contribution < 1.29 is 19.0 Å². The topological polar surface area (TPSA) is 93.3 Å². The first kappa shape index (κ1) is 30.6. The molecule has 0 spiro atoms. The molecule has 0 aliphatic heterocycles. The van der Waals surface area contributed by atoms with Crippen molar-refractivity contribution in [2.24, 2.45) is 7.05 Å². The lowest BCUT2D eigenvalue weighted by Gasteiger charge is -2.19. The van der Waals surface area contributed by atoms with Gasteiger partial charge in [0.1, 0.15) is 24.5 Å². The highest BCUT2D eigenvalue weighted by atomic mass is 16.6. The number of aryl methyl sites for hydroxylation is 2. The standard InChI is InChI=1S/C37H37N5O4/c1-24-33(25(2)42(39-24)36(43)46-37(3,4)5)28-17-18-29-31(21-28)41(6)40-34(29)30-19-20-32(44-22-26-13-9-7-10-14-26)38-35(30)45-23-27-15-11-8-12-16-27/h7-21H,22-23H2,1-6H3. The Bertz CT molecular complexity index is 2010. The number of aromatic nitrogens is 5. The molecule has 6 aromatic rings. The lowest BCUT2D eigenvalue weighted by atomic mass is 10.0. The Morgan fingerprint density at radius 2 is 1.46 bits per heavy atom. The molecule has 0 unspecified atom stereocenters. The van der Waals surface area contributed by atoms with Gasteiger partial charge in [-0.1, -0.05) is 66.7 Å². The predicted octanol–water partition coefficient (Wildman–Crippen LogP) is 8.06. The molecule has 0 N–H and O–H groups in total. The summed E-state index contributed by atoms with van der Waals surface area (Å²) in [5.74, 6) is 0.898. The number of hydrogen-bond acceptors (Lipinski definition) is 7. The third-order valence-electron chi connectivity index (χ3n) is 7.54. The number of benzene rings is 3. The number of carbonyl (C=O) groups is 1. The van der Waals surface area contributed by atoms with Crippen LogP contribution in [0.15, 0.2) is 91.0 Å². The summed E-state index contributed by atoms with van der Waals surface area (Å²) in [6.07, 6.45) is -0.505. The van der Waals surface area contributed by atoms with Crippen LogP contribution in [0.2, 0.25) is 0 Å². The van der Waals surface area contributed by atoms with Gasteiger partial charge in [0, 0.05) is 24.1 Å². The first-order valence-electron chi connectivity index (χ1n) is 15.2. The van der Waals surface area contributed by atoms with Gasteiger partial charge in [0.15, 0.2) is 0 Å². The van der Waals surface area contributed by atoms with Gasteiger partial charge >= 0.3 is 6.09 Å². The zero-order chi connectivity index (χ0) is 32.4. The molecule has 3 heterocycles. The van der Waals surface area contributed by atoms with E-state index < -0.39 is 11.7 Å². The number of carbonyl (C=O) groups excluding carboxylic acids is 1. The molecule has 0 radical (unpaired) electrons. The van der Waals surface area contributed by atoms with Crippen molar-refractivity contribution in [1.29, 1.82) is 0 Å². The maximum Gasteiger partial charge on any atom is 0.435 e. The third kappa shape index (κ3) is 6.49. The second kappa shape index (κ2) is 12.5. The van der Waals surface area contributed by atoms with E-state index in [9.17, 15) is 4.79 Å². The Morgan fingerprint density at radius 1 is 0.804 bits per heavy atom. The van der Waals surface area contributed by atoms with Gasteiger partial charge in [-0.3, -0.25) is 4.68 Å². The van der Waals surface area contributed by atoms with Crippen LogP contribution in [0.3, 0.4) is 0 Å². The summed E-state index contributed by atoms with van der Waals surface area (Å²) in [6, 6.07) is 29.9. The van der Waals surface area contributed by atoms with Gasteiger partial charge in [-0.2, -0.15) is 19.9 Å². The summed E-state index contributed by atoms with van der Waals surface area (Å²) in [5.41, 5.74) is 7.11. The van der Waals surface area contributed by atoms with Crippen LogP contribution in [0.5, 0.6) is 11.8 Å². The van der Waals surface area contributed by atoms with E-state index in [1.807, 2.05) is 131 Å². The quantitative estimate of drug-likeness (QED) is 0.171. The second-order valence-corrected chi connectivity index (χ2v) is 12.2. The molecular weight excluding hydrogens is 578 g/mol. The molecule has 3 aromatic heterocycles. The summed E-state index contributed by atoms with van der Waals surface area (Å²) < 4.78 is 21.1. The van der Waals surface area contributed by atoms with Gasteiger partial charge in [0.25, 0.3) is 0 Å². The van der Waals surface area contributed by atoms with Crippen molar-refractivity contribution in [3.8, 4) is 34.1 Å². The Balaban J connectivity index is 1.36. The number of pyridine rings is 1. The maximum absolute atomic E-state index is 12.9. The van der Waals surface area contributed by atoms with Gasteiger partial charge in [-0.05, 0) is 69.5 Å². The third-order valence-corrected chi connectivity index (χ3v) is 7.54. The minimum absolute atomic E-state index is 0.345. The summed E-state index contributed by atoms with van der Waals surface area (Å²) in [7, 11) is 1.91. The van der Waals surface area contributed by atoms with Gasteiger partial charge in [-0.25, -0.2) is 4.79 Å². The van der Waals surface area contributed by atoms with Gasteiger partial charge in [0.2, 0.25) is 11.8 Å². The van der Waals surface area contributed by atoms with Crippen molar-refractivity contribution in [2.75, 3.05) is 0 Å². The first-order chi connectivity index (χ1) is 22.1. The predicted molar refractivity (Wildman–Crippen MR) is 178 cm³/mol. The minimum Gasteiger partial charge on any atom is -0.473 e. The normalized spacial score (nSPS) is 11.5. The molecule has 6 rings (SSSR count). The molecule has 0 aliphatic carbocycles. The Kier molecular flexibility index (Phi) is 8.32. The molecule has 234 valence electrons. The summed E-state index contributed by atoms with van der Waals surface area (Å²) in [6.45, 7) is 10.0. The fourth-order valence-corrected chi connectivity index (χ4v) is 5.41. The van der Waals surface area contributed by atoms with Crippen LogP contribution in [0.1, 0.15) is 43.3 Å². The lowest BCUT2D eigenvalue weighted by molar-refractivity contribution is 0.0510. The van der Waals surface area contributed by atoms with Crippen molar-refractivity contribution in [3.05, 3.63) is 114 Å². The van der Waals surface area contributed by atoms with Gasteiger partial charge in [0.05, 0.1) is 22.5 Å². The molecule has 46 heavy (non-hydrogen) atoms.